The first-order valence-corrected chi connectivity index (χ1v) is 7.60. The zero-order chi connectivity index (χ0) is 16.4. The molecule has 0 radical (unpaired) electrons. The minimum absolute atomic E-state index is 0.00387. The molecular weight excluding hydrogens is 341 g/mol. The van der Waals surface area contributed by atoms with Crippen molar-refractivity contribution in [3.8, 4) is 10.6 Å². The van der Waals surface area contributed by atoms with Crippen molar-refractivity contribution in [2.45, 2.75) is 0 Å². The van der Waals surface area contributed by atoms with Crippen LogP contribution in [-0.2, 0) is 0 Å². The summed E-state index contributed by atoms with van der Waals surface area (Å²) in [6.45, 7) is 0. The van der Waals surface area contributed by atoms with Gasteiger partial charge in [0.1, 0.15) is 10.8 Å². The van der Waals surface area contributed by atoms with E-state index < -0.39 is 11.8 Å². The second-order valence-electron chi connectivity index (χ2n) is 4.49. The molecule has 3 rings (SSSR count). The fraction of sp³-hybridized carbons (Fsp3) is 0. The summed E-state index contributed by atoms with van der Waals surface area (Å²) in [5.74, 6) is -1.45. The summed E-state index contributed by atoms with van der Waals surface area (Å²) in [6, 6.07) is 7.29. The Morgan fingerprint density at radius 1 is 1.35 bits per heavy atom. The molecule has 0 aliphatic heterocycles. The molecule has 0 spiro atoms. The van der Waals surface area contributed by atoms with Gasteiger partial charge in [0.05, 0.1) is 16.9 Å². The second-order valence-corrected chi connectivity index (χ2v) is 5.90. The second kappa shape index (κ2) is 6.31. The maximum Gasteiger partial charge on any atom is 0.349 e. The molecule has 0 aliphatic rings. The van der Waals surface area contributed by atoms with E-state index in [-0.39, 0.29) is 10.7 Å². The minimum atomic E-state index is -1.13. The normalized spacial score (nSPS) is 10.5. The van der Waals surface area contributed by atoms with Crippen LogP contribution in [0, 0.1) is 5.82 Å². The topological polar surface area (TPSA) is 75.1 Å². The molecular formula is C15H9ClFN3O2S. The molecule has 0 saturated carbocycles. The molecule has 0 amide bonds. The monoisotopic (exact) mass is 349 g/mol. The van der Waals surface area contributed by atoms with E-state index in [1.54, 1.807) is 24.5 Å². The molecule has 8 heteroatoms. The molecule has 2 heterocycles. The van der Waals surface area contributed by atoms with Gasteiger partial charge in [-0.3, -0.25) is 4.98 Å². The minimum Gasteiger partial charge on any atom is -0.477 e. The number of anilines is 2. The number of hydrogen-bond acceptors (Lipinski definition) is 5. The first-order chi connectivity index (χ1) is 11.0. The van der Waals surface area contributed by atoms with Gasteiger partial charge in [0, 0.05) is 11.8 Å². The standard InChI is InChI=1S/C15H9ClFN3O2S/c16-11-4-3-8(17)6-10(11)14-20-13(12(23-14)15(21)22)19-9-2-1-5-18-7-9/h1-7,19H,(H,21,22). The SMILES string of the molecule is O=C(O)c1sc(-c2cc(F)ccc2Cl)nc1Nc1cccnc1. The van der Waals surface area contributed by atoms with E-state index in [0.717, 1.165) is 11.3 Å². The third-order valence-corrected chi connectivity index (χ3v) is 4.31. The van der Waals surface area contributed by atoms with Gasteiger partial charge in [0.25, 0.3) is 0 Å². The number of halogens is 2. The lowest BCUT2D eigenvalue weighted by Gasteiger charge is -2.03. The third-order valence-electron chi connectivity index (χ3n) is 2.90. The molecule has 0 atom stereocenters. The van der Waals surface area contributed by atoms with Crippen molar-refractivity contribution in [2.75, 3.05) is 5.32 Å². The zero-order valence-corrected chi connectivity index (χ0v) is 13.0. The molecule has 0 unspecified atom stereocenters. The van der Waals surface area contributed by atoms with Crippen molar-refractivity contribution < 1.29 is 14.3 Å². The highest BCUT2D eigenvalue weighted by Crippen LogP contribution is 2.36. The van der Waals surface area contributed by atoms with Gasteiger partial charge in [-0.05, 0) is 30.3 Å². The average Bonchev–Trinajstić information content (AvgIpc) is 2.94. The zero-order valence-electron chi connectivity index (χ0n) is 11.5. The van der Waals surface area contributed by atoms with Crippen molar-refractivity contribution in [3.63, 3.8) is 0 Å². The van der Waals surface area contributed by atoms with Crippen LogP contribution in [0.15, 0.2) is 42.7 Å². The highest BCUT2D eigenvalue weighted by Gasteiger charge is 2.20. The number of carbonyl (C=O) groups is 1. The lowest BCUT2D eigenvalue weighted by molar-refractivity contribution is 0.0703. The summed E-state index contributed by atoms with van der Waals surface area (Å²) >= 11 is 6.97. The van der Waals surface area contributed by atoms with Crippen LogP contribution in [0.3, 0.4) is 0 Å². The average molecular weight is 350 g/mol. The van der Waals surface area contributed by atoms with Crippen LogP contribution >= 0.6 is 22.9 Å². The third kappa shape index (κ3) is 3.30. The number of hydrogen-bond donors (Lipinski definition) is 2. The van der Waals surface area contributed by atoms with E-state index in [2.05, 4.69) is 15.3 Å². The summed E-state index contributed by atoms with van der Waals surface area (Å²) in [6.07, 6.45) is 3.14. The van der Waals surface area contributed by atoms with E-state index in [9.17, 15) is 14.3 Å². The van der Waals surface area contributed by atoms with E-state index in [1.807, 2.05) is 0 Å². The van der Waals surface area contributed by atoms with Crippen molar-refractivity contribution >= 4 is 40.4 Å². The summed E-state index contributed by atoms with van der Waals surface area (Å²) in [7, 11) is 0. The summed E-state index contributed by atoms with van der Waals surface area (Å²) in [5.41, 5.74) is 0.940. The molecule has 2 aromatic heterocycles. The number of nitrogens with one attached hydrogen (secondary N) is 1. The Balaban J connectivity index is 2.05. The van der Waals surface area contributed by atoms with E-state index in [1.165, 1.54) is 18.2 Å². The Bertz CT molecular complexity index is 870. The van der Waals surface area contributed by atoms with Crippen LogP contribution < -0.4 is 5.32 Å². The van der Waals surface area contributed by atoms with E-state index >= 15 is 0 Å². The molecule has 0 bridgehead atoms. The largest absolute Gasteiger partial charge is 0.477 e. The molecule has 2 N–H and O–H groups in total. The van der Waals surface area contributed by atoms with Gasteiger partial charge in [-0.15, -0.1) is 11.3 Å². The Hall–Kier alpha value is -2.51. The van der Waals surface area contributed by atoms with Gasteiger partial charge in [-0.2, -0.15) is 0 Å². The van der Waals surface area contributed by atoms with E-state index in [4.69, 9.17) is 11.6 Å². The van der Waals surface area contributed by atoms with Crippen LogP contribution in [0.5, 0.6) is 0 Å². The van der Waals surface area contributed by atoms with Gasteiger partial charge in [-0.1, -0.05) is 11.6 Å². The van der Waals surface area contributed by atoms with Crippen LogP contribution in [0.2, 0.25) is 5.02 Å². The Morgan fingerprint density at radius 2 is 2.17 bits per heavy atom. The van der Waals surface area contributed by atoms with Crippen molar-refractivity contribution in [1.29, 1.82) is 0 Å². The number of carboxylic acid groups (broad SMARTS) is 1. The van der Waals surface area contributed by atoms with Crippen molar-refractivity contribution in [2.24, 2.45) is 0 Å². The molecule has 0 saturated heterocycles. The number of rotatable bonds is 4. The maximum atomic E-state index is 13.4. The first kappa shape index (κ1) is 15.4. The molecule has 1 aromatic carbocycles. The fourth-order valence-corrected chi connectivity index (χ4v) is 3.05. The molecule has 3 aromatic rings. The molecule has 5 nitrogen and oxygen atoms in total. The number of benzene rings is 1. The Labute approximate surface area is 139 Å². The fourth-order valence-electron chi connectivity index (χ4n) is 1.90. The van der Waals surface area contributed by atoms with Crippen LogP contribution in [-0.4, -0.2) is 21.0 Å². The smallest absolute Gasteiger partial charge is 0.349 e. The first-order valence-electron chi connectivity index (χ1n) is 6.41. The lowest BCUT2D eigenvalue weighted by atomic mass is 10.2. The Kier molecular flexibility index (Phi) is 4.22. The van der Waals surface area contributed by atoms with Gasteiger partial charge in [0.15, 0.2) is 10.7 Å². The van der Waals surface area contributed by atoms with Crippen LogP contribution in [0.4, 0.5) is 15.9 Å². The number of thiazole rings is 1. The predicted octanol–water partition coefficient (Wildman–Crippen LogP) is 4.44. The highest BCUT2D eigenvalue weighted by molar-refractivity contribution is 7.17. The van der Waals surface area contributed by atoms with Crippen LogP contribution in [0.1, 0.15) is 9.67 Å². The molecule has 23 heavy (non-hydrogen) atoms. The Morgan fingerprint density at radius 3 is 2.87 bits per heavy atom. The molecule has 116 valence electrons. The summed E-state index contributed by atoms with van der Waals surface area (Å²) < 4.78 is 13.4. The highest BCUT2D eigenvalue weighted by atomic mass is 35.5. The van der Waals surface area contributed by atoms with Gasteiger partial charge in [-0.25, -0.2) is 14.2 Å². The van der Waals surface area contributed by atoms with Gasteiger partial charge < -0.3 is 10.4 Å². The maximum absolute atomic E-state index is 13.4. The van der Waals surface area contributed by atoms with Crippen LogP contribution in [0.25, 0.3) is 10.6 Å². The molecule has 0 aliphatic carbocycles. The number of nitrogens with zero attached hydrogens (tertiary/aromatic N) is 2. The van der Waals surface area contributed by atoms with Gasteiger partial charge >= 0.3 is 5.97 Å². The quantitative estimate of drug-likeness (QED) is 0.728. The lowest BCUT2D eigenvalue weighted by Crippen LogP contribution is -1.99. The van der Waals surface area contributed by atoms with Crippen molar-refractivity contribution in [3.05, 3.63) is 58.4 Å². The van der Waals surface area contributed by atoms with Crippen molar-refractivity contribution in [1.82, 2.24) is 9.97 Å². The summed E-state index contributed by atoms with van der Waals surface area (Å²) in [5, 5.41) is 12.8. The number of aromatic carboxylic acids is 1. The van der Waals surface area contributed by atoms with E-state index in [0.29, 0.717) is 21.3 Å². The molecule has 0 fully saturated rings. The number of pyridine rings is 1. The van der Waals surface area contributed by atoms with Gasteiger partial charge in [0.2, 0.25) is 0 Å². The predicted molar refractivity (Wildman–Crippen MR) is 87.0 cm³/mol. The number of carboxylic acids is 1. The summed E-state index contributed by atoms with van der Waals surface area (Å²) in [4.78, 5) is 19.6. The number of aromatic nitrogens is 2.